The van der Waals surface area contributed by atoms with E-state index >= 15 is 0 Å². The second-order valence-electron chi connectivity index (χ2n) is 5.00. The highest BCUT2D eigenvalue weighted by Gasteiger charge is 2.21. The molecule has 0 bridgehead atoms. The molecule has 120 valence electrons. The third-order valence-corrected chi connectivity index (χ3v) is 3.44. The Balaban J connectivity index is 2.03. The topological polar surface area (TPSA) is 110 Å². The summed E-state index contributed by atoms with van der Waals surface area (Å²) in [6.07, 6.45) is 1.19. The van der Waals surface area contributed by atoms with E-state index in [0.29, 0.717) is 11.4 Å². The lowest BCUT2D eigenvalue weighted by molar-refractivity contribution is 0.0698. The van der Waals surface area contributed by atoms with Crippen molar-refractivity contribution in [1.29, 1.82) is 0 Å². The number of benzene rings is 2. The van der Waals surface area contributed by atoms with Crippen molar-refractivity contribution in [3.63, 3.8) is 0 Å². The van der Waals surface area contributed by atoms with Crippen LogP contribution in [-0.4, -0.2) is 26.8 Å². The van der Waals surface area contributed by atoms with Gasteiger partial charge in [-0.05, 0) is 24.3 Å². The Morgan fingerprint density at radius 1 is 1.00 bits per heavy atom. The first-order valence-corrected chi connectivity index (χ1v) is 7.10. The molecule has 4 N–H and O–H groups in total. The van der Waals surface area contributed by atoms with E-state index < -0.39 is 11.9 Å². The van der Waals surface area contributed by atoms with Crippen LogP contribution in [0.25, 0.3) is 5.69 Å². The third kappa shape index (κ3) is 2.82. The molecule has 0 fully saturated rings. The number of aromatic carboxylic acids is 1. The number of nitrogen functional groups attached to an aromatic ring is 1. The minimum absolute atomic E-state index is 0.0713. The van der Waals surface area contributed by atoms with Crippen LogP contribution >= 0.6 is 0 Å². The Morgan fingerprint density at radius 3 is 2.33 bits per heavy atom. The molecule has 0 aliphatic heterocycles. The lowest BCUT2D eigenvalue weighted by Gasteiger charge is -2.11. The van der Waals surface area contributed by atoms with Crippen molar-refractivity contribution in [2.24, 2.45) is 0 Å². The maximum Gasteiger partial charge on any atom is 0.341 e. The minimum atomic E-state index is -1.19. The first kappa shape index (κ1) is 15.3. The van der Waals surface area contributed by atoms with Gasteiger partial charge >= 0.3 is 5.97 Å². The molecular formula is C17H14N4O3. The molecule has 0 radical (unpaired) electrons. The van der Waals surface area contributed by atoms with E-state index in [1.807, 2.05) is 6.07 Å². The number of carbonyl (C=O) groups is 2. The molecule has 0 spiro atoms. The van der Waals surface area contributed by atoms with E-state index in [1.54, 1.807) is 48.5 Å². The second-order valence-corrected chi connectivity index (χ2v) is 5.00. The molecule has 3 rings (SSSR count). The van der Waals surface area contributed by atoms with Crippen molar-refractivity contribution in [1.82, 2.24) is 9.78 Å². The van der Waals surface area contributed by atoms with Gasteiger partial charge in [-0.25, -0.2) is 9.48 Å². The number of nitrogens with one attached hydrogen (secondary N) is 1. The van der Waals surface area contributed by atoms with Crippen molar-refractivity contribution < 1.29 is 14.7 Å². The van der Waals surface area contributed by atoms with Crippen molar-refractivity contribution in [3.8, 4) is 5.69 Å². The van der Waals surface area contributed by atoms with Gasteiger partial charge in [0.1, 0.15) is 5.56 Å². The summed E-state index contributed by atoms with van der Waals surface area (Å²) in [4.78, 5) is 23.9. The SMILES string of the molecule is Nc1ccccc1C(=O)Nc1c(C(=O)O)cnn1-c1ccccc1. The fraction of sp³-hybridized carbons (Fsp3) is 0. The van der Waals surface area contributed by atoms with Crippen molar-refractivity contribution in [2.75, 3.05) is 11.1 Å². The molecule has 1 aromatic heterocycles. The van der Waals surface area contributed by atoms with Crippen LogP contribution in [0.1, 0.15) is 20.7 Å². The Kier molecular flexibility index (Phi) is 3.98. The number of amides is 1. The summed E-state index contributed by atoms with van der Waals surface area (Å²) >= 11 is 0. The van der Waals surface area contributed by atoms with Crippen molar-refractivity contribution in [2.45, 2.75) is 0 Å². The van der Waals surface area contributed by atoms with Crippen LogP contribution in [0.4, 0.5) is 11.5 Å². The molecule has 7 nitrogen and oxygen atoms in total. The first-order valence-electron chi connectivity index (χ1n) is 7.10. The summed E-state index contributed by atoms with van der Waals surface area (Å²) in [7, 11) is 0. The zero-order valence-corrected chi connectivity index (χ0v) is 12.5. The van der Waals surface area contributed by atoms with Gasteiger partial charge in [0, 0.05) is 5.69 Å². The Morgan fingerprint density at radius 2 is 1.67 bits per heavy atom. The molecule has 0 atom stereocenters. The fourth-order valence-electron chi connectivity index (χ4n) is 2.27. The quantitative estimate of drug-likeness (QED) is 0.639. The molecule has 3 aromatic rings. The molecule has 0 saturated heterocycles. The Hall–Kier alpha value is -3.61. The van der Waals surface area contributed by atoms with Crippen LogP contribution < -0.4 is 11.1 Å². The number of para-hydroxylation sites is 2. The average Bonchev–Trinajstić information content (AvgIpc) is 2.99. The second kappa shape index (κ2) is 6.25. The van der Waals surface area contributed by atoms with Gasteiger partial charge in [0.25, 0.3) is 5.91 Å². The number of hydrogen-bond acceptors (Lipinski definition) is 4. The summed E-state index contributed by atoms with van der Waals surface area (Å²) < 4.78 is 1.36. The predicted octanol–water partition coefficient (Wildman–Crippen LogP) is 2.41. The van der Waals surface area contributed by atoms with Gasteiger partial charge < -0.3 is 16.2 Å². The number of carboxylic acids is 1. The van der Waals surface area contributed by atoms with Gasteiger partial charge in [0.2, 0.25) is 0 Å². The maximum atomic E-state index is 12.5. The normalized spacial score (nSPS) is 10.3. The molecular weight excluding hydrogens is 308 g/mol. The number of hydrogen-bond donors (Lipinski definition) is 3. The summed E-state index contributed by atoms with van der Waals surface area (Å²) in [6.45, 7) is 0. The van der Waals surface area contributed by atoms with Gasteiger partial charge in [-0.3, -0.25) is 4.79 Å². The van der Waals surface area contributed by atoms with Crippen LogP contribution in [0.5, 0.6) is 0 Å². The highest BCUT2D eigenvalue weighted by molar-refractivity contribution is 6.09. The van der Waals surface area contributed by atoms with Crippen molar-refractivity contribution in [3.05, 3.63) is 71.9 Å². The number of nitrogens with two attached hydrogens (primary N) is 1. The highest BCUT2D eigenvalue weighted by atomic mass is 16.4. The summed E-state index contributed by atoms with van der Waals surface area (Å²) in [5.74, 6) is -1.62. The summed E-state index contributed by atoms with van der Waals surface area (Å²) in [6, 6.07) is 15.5. The van der Waals surface area contributed by atoms with Crippen LogP contribution in [0.2, 0.25) is 0 Å². The maximum absolute atomic E-state index is 12.5. The van der Waals surface area contributed by atoms with Crippen molar-refractivity contribution >= 4 is 23.4 Å². The van der Waals surface area contributed by atoms with Crippen LogP contribution in [0.3, 0.4) is 0 Å². The number of aromatic nitrogens is 2. The number of carbonyl (C=O) groups excluding carboxylic acids is 1. The molecule has 7 heteroatoms. The van der Waals surface area contributed by atoms with Gasteiger partial charge in [-0.15, -0.1) is 0 Å². The molecule has 24 heavy (non-hydrogen) atoms. The lowest BCUT2D eigenvalue weighted by Crippen LogP contribution is -2.18. The van der Waals surface area contributed by atoms with Gasteiger partial charge in [0.05, 0.1) is 17.4 Å². The predicted molar refractivity (Wildman–Crippen MR) is 89.3 cm³/mol. The monoisotopic (exact) mass is 322 g/mol. The van der Waals surface area contributed by atoms with E-state index in [-0.39, 0.29) is 16.9 Å². The summed E-state index contributed by atoms with van der Waals surface area (Å²) in [5, 5.41) is 16.0. The van der Waals surface area contributed by atoms with Gasteiger partial charge in [-0.2, -0.15) is 5.10 Å². The number of nitrogens with zero attached hydrogens (tertiary/aromatic N) is 2. The van der Waals surface area contributed by atoms with E-state index in [9.17, 15) is 14.7 Å². The molecule has 0 aliphatic rings. The Labute approximate surface area is 137 Å². The standard InChI is InChI=1S/C17H14N4O3/c18-14-9-5-4-8-12(14)16(22)20-15-13(17(23)24)10-19-21(15)11-6-2-1-3-7-11/h1-10H,18H2,(H,20,22)(H,23,24). The van der Waals surface area contributed by atoms with Crippen LogP contribution in [0, 0.1) is 0 Å². The molecule has 2 aromatic carbocycles. The van der Waals surface area contributed by atoms with Gasteiger partial charge in [0.15, 0.2) is 5.82 Å². The number of anilines is 2. The third-order valence-electron chi connectivity index (χ3n) is 3.44. The first-order chi connectivity index (χ1) is 11.6. The molecule has 1 amide bonds. The molecule has 1 heterocycles. The van der Waals surface area contributed by atoms with Gasteiger partial charge in [-0.1, -0.05) is 30.3 Å². The largest absolute Gasteiger partial charge is 0.477 e. The lowest BCUT2D eigenvalue weighted by atomic mass is 10.1. The zero-order valence-electron chi connectivity index (χ0n) is 12.5. The Bertz CT molecular complexity index is 903. The number of carboxylic acid groups (broad SMARTS) is 1. The van der Waals surface area contributed by atoms with E-state index in [1.165, 1.54) is 10.9 Å². The minimum Gasteiger partial charge on any atom is -0.477 e. The molecule has 0 aliphatic carbocycles. The summed E-state index contributed by atoms with van der Waals surface area (Å²) in [5.41, 5.74) is 6.88. The molecule has 0 saturated carbocycles. The fourth-order valence-corrected chi connectivity index (χ4v) is 2.27. The number of rotatable bonds is 4. The highest BCUT2D eigenvalue weighted by Crippen LogP contribution is 2.22. The van der Waals surface area contributed by atoms with E-state index in [4.69, 9.17) is 5.73 Å². The zero-order chi connectivity index (χ0) is 17.1. The van der Waals surface area contributed by atoms with Crippen LogP contribution in [0.15, 0.2) is 60.8 Å². The van der Waals surface area contributed by atoms with E-state index in [0.717, 1.165) is 0 Å². The smallest absolute Gasteiger partial charge is 0.341 e. The van der Waals surface area contributed by atoms with E-state index in [2.05, 4.69) is 10.4 Å². The average molecular weight is 322 g/mol. The molecule has 0 unspecified atom stereocenters. The van der Waals surface area contributed by atoms with Crippen LogP contribution in [-0.2, 0) is 0 Å².